The van der Waals surface area contributed by atoms with Gasteiger partial charge in [0, 0.05) is 6.92 Å². The van der Waals surface area contributed by atoms with Gasteiger partial charge in [0.25, 0.3) is 5.12 Å². The Morgan fingerprint density at radius 1 is 1.58 bits per heavy atom. The molecule has 0 radical (unpaired) electrons. The highest BCUT2D eigenvalue weighted by molar-refractivity contribution is 8.01. The van der Waals surface area contributed by atoms with Crippen molar-refractivity contribution in [1.82, 2.24) is 0 Å². The summed E-state index contributed by atoms with van der Waals surface area (Å²) in [5.41, 5.74) is 0. The molecule has 0 heterocycles. The van der Waals surface area contributed by atoms with Gasteiger partial charge in [-0.15, -0.1) is 0 Å². The zero-order valence-corrected chi connectivity index (χ0v) is 7.24. The van der Waals surface area contributed by atoms with Gasteiger partial charge in [-0.3, -0.25) is 8.98 Å². The highest BCUT2D eigenvalue weighted by Crippen LogP contribution is 1.96. The molecule has 0 rings (SSSR count). The molecule has 0 aromatic carbocycles. The molecule has 1 atom stereocenters. The van der Waals surface area contributed by atoms with Crippen LogP contribution in [0.3, 0.4) is 0 Å². The molecule has 7 heteroatoms. The maximum atomic E-state index is 10.6. The molecule has 0 aromatic rings. The molecule has 0 saturated heterocycles. The Morgan fingerprint density at radius 3 is 2.42 bits per heavy atom. The quantitative estimate of drug-likeness (QED) is 0.518. The van der Waals surface area contributed by atoms with E-state index in [1.807, 2.05) is 0 Å². The number of aliphatic hydroxyl groups is 2. The van der Waals surface area contributed by atoms with Crippen LogP contribution in [-0.4, -0.2) is 43.1 Å². The van der Waals surface area contributed by atoms with Crippen molar-refractivity contribution in [2.24, 2.45) is 0 Å². The minimum atomic E-state index is -4.21. The summed E-state index contributed by atoms with van der Waals surface area (Å²) in [4.78, 5) is 10.3. The predicted octanol–water partition coefficient (Wildman–Crippen LogP) is -1.77. The van der Waals surface area contributed by atoms with Crippen LogP contribution in [-0.2, 0) is 19.1 Å². The summed E-state index contributed by atoms with van der Waals surface area (Å²) in [5.74, 6) is 0. The fourth-order valence-corrected chi connectivity index (χ4v) is 0.806. The lowest BCUT2D eigenvalue weighted by Crippen LogP contribution is -2.24. The van der Waals surface area contributed by atoms with Crippen LogP contribution in [0, 0.1) is 0 Å². The lowest BCUT2D eigenvalue weighted by atomic mass is 10.4. The molecule has 1 unspecified atom stereocenters. The van der Waals surface area contributed by atoms with Crippen LogP contribution in [0.2, 0.25) is 0 Å². The topological polar surface area (TPSA) is 101 Å². The van der Waals surface area contributed by atoms with E-state index in [-0.39, 0.29) is 0 Å². The van der Waals surface area contributed by atoms with Gasteiger partial charge in [0.15, 0.2) is 0 Å². The molecule has 0 bridgehead atoms. The molecule has 0 aliphatic heterocycles. The minimum absolute atomic E-state index is 0.613. The lowest BCUT2D eigenvalue weighted by Gasteiger charge is -2.05. The molecular weight excluding hydrogens is 188 g/mol. The fourth-order valence-electron chi connectivity index (χ4n) is 0.304. The maximum absolute atomic E-state index is 10.6. The van der Waals surface area contributed by atoms with Crippen molar-refractivity contribution in [3.8, 4) is 0 Å². The summed E-state index contributed by atoms with van der Waals surface area (Å²) in [6.45, 7) is -0.396. The van der Waals surface area contributed by atoms with Crippen LogP contribution in [0.1, 0.15) is 6.92 Å². The Balaban J connectivity index is 4.02. The highest BCUT2D eigenvalue weighted by atomic mass is 32.2. The molecule has 12 heavy (non-hydrogen) atoms. The first-order valence-electron chi connectivity index (χ1n) is 3.09. The van der Waals surface area contributed by atoms with Gasteiger partial charge in [-0.2, -0.15) is 8.42 Å². The van der Waals surface area contributed by atoms with Gasteiger partial charge in [-0.1, -0.05) is 0 Å². The van der Waals surface area contributed by atoms with Crippen LogP contribution >= 0.6 is 0 Å². The van der Waals surface area contributed by atoms with Crippen LogP contribution < -0.4 is 0 Å². The van der Waals surface area contributed by atoms with E-state index in [0.29, 0.717) is 0 Å². The molecule has 0 saturated carbocycles. The first-order valence-corrected chi connectivity index (χ1v) is 4.50. The predicted molar refractivity (Wildman–Crippen MR) is 38.6 cm³/mol. The molecule has 0 aliphatic rings. The van der Waals surface area contributed by atoms with Crippen LogP contribution in [0.4, 0.5) is 0 Å². The smallest absolute Gasteiger partial charge is 0.330 e. The summed E-state index contributed by atoms with van der Waals surface area (Å²) < 4.78 is 25.2. The average Bonchev–Trinajstić information content (AvgIpc) is 2.00. The second-order valence-electron chi connectivity index (χ2n) is 2.07. The largest absolute Gasteiger partial charge is 0.394 e. The lowest BCUT2D eigenvalue weighted by molar-refractivity contribution is -0.110. The van der Waals surface area contributed by atoms with Gasteiger partial charge in [0.2, 0.25) is 0 Å². The van der Waals surface area contributed by atoms with Crippen LogP contribution in [0.25, 0.3) is 0 Å². The third-order valence-corrected chi connectivity index (χ3v) is 2.13. The third kappa shape index (κ3) is 3.77. The van der Waals surface area contributed by atoms with Crippen molar-refractivity contribution >= 4 is 15.2 Å². The Morgan fingerprint density at radius 2 is 2.08 bits per heavy atom. The van der Waals surface area contributed by atoms with Crippen molar-refractivity contribution < 1.29 is 27.6 Å². The molecule has 0 fully saturated rings. The van der Waals surface area contributed by atoms with Gasteiger partial charge in [0.1, 0.15) is 6.10 Å². The zero-order chi connectivity index (χ0) is 9.78. The number of carbonyl (C=O) groups is 1. The molecule has 6 nitrogen and oxygen atoms in total. The van der Waals surface area contributed by atoms with Gasteiger partial charge < -0.3 is 10.2 Å². The number of carbonyl (C=O) groups excluding carboxylic acids is 1. The van der Waals surface area contributed by atoms with E-state index < -0.39 is 34.6 Å². The fraction of sp³-hybridized carbons (Fsp3) is 0.800. The van der Waals surface area contributed by atoms with E-state index in [2.05, 4.69) is 4.18 Å². The summed E-state index contributed by atoms with van der Waals surface area (Å²) in [7, 11) is -4.21. The molecule has 72 valence electrons. The Kier molecular flexibility index (Phi) is 4.32. The normalized spacial score (nSPS) is 14.2. The highest BCUT2D eigenvalue weighted by Gasteiger charge is 2.19. The standard InChI is InChI=1S/C5H10O6S/c1-4(7)12(9,10)11-3-5(8)2-6/h5-6,8H,2-3H2,1H3. The summed E-state index contributed by atoms with van der Waals surface area (Å²) in [6.07, 6.45) is -1.29. The maximum Gasteiger partial charge on any atom is 0.330 e. The van der Waals surface area contributed by atoms with Crippen molar-refractivity contribution in [2.75, 3.05) is 13.2 Å². The van der Waals surface area contributed by atoms with Crippen molar-refractivity contribution in [3.63, 3.8) is 0 Å². The van der Waals surface area contributed by atoms with Gasteiger partial charge in [-0.25, -0.2) is 0 Å². The van der Waals surface area contributed by atoms with E-state index in [1.54, 1.807) is 0 Å². The van der Waals surface area contributed by atoms with Crippen LogP contribution in [0.5, 0.6) is 0 Å². The van der Waals surface area contributed by atoms with Crippen LogP contribution in [0.15, 0.2) is 0 Å². The first-order chi connectivity index (χ1) is 5.40. The second-order valence-corrected chi connectivity index (χ2v) is 3.79. The van der Waals surface area contributed by atoms with Crippen molar-refractivity contribution in [1.29, 1.82) is 0 Å². The average molecular weight is 198 g/mol. The summed E-state index contributed by atoms with van der Waals surface area (Å²) in [5, 5.41) is 15.8. The third-order valence-electron chi connectivity index (χ3n) is 0.978. The second kappa shape index (κ2) is 4.51. The molecule has 0 aromatic heterocycles. The van der Waals surface area contributed by atoms with E-state index in [4.69, 9.17) is 10.2 Å². The molecule has 0 spiro atoms. The Hall–Kier alpha value is -0.500. The monoisotopic (exact) mass is 198 g/mol. The van der Waals surface area contributed by atoms with E-state index in [9.17, 15) is 13.2 Å². The molecule has 2 N–H and O–H groups in total. The van der Waals surface area contributed by atoms with E-state index in [0.717, 1.165) is 6.92 Å². The van der Waals surface area contributed by atoms with Crippen molar-refractivity contribution in [3.05, 3.63) is 0 Å². The zero-order valence-electron chi connectivity index (χ0n) is 6.43. The Bertz CT molecular complexity index is 243. The number of aliphatic hydroxyl groups excluding tert-OH is 2. The first kappa shape index (κ1) is 11.5. The SMILES string of the molecule is CC(=O)S(=O)(=O)OCC(O)CO. The van der Waals surface area contributed by atoms with Gasteiger partial charge in [0.05, 0.1) is 13.2 Å². The van der Waals surface area contributed by atoms with E-state index in [1.165, 1.54) is 0 Å². The summed E-state index contributed by atoms with van der Waals surface area (Å²) in [6, 6.07) is 0. The van der Waals surface area contributed by atoms with E-state index >= 15 is 0 Å². The number of hydrogen-bond donors (Lipinski definition) is 2. The Labute approximate surface area is 69.9 Å². The molecule has 0 amide bonds. The molecule has 0 aliphatic carbocycles. The minimum Gasteiger partial charge on any atom is -0.394 e. The molecular formula is C5H10O6S. The van der Waals surface area contributed by atoms with Gasteiger partial charge in [-0.05, 0) is 0 Å². The number of rotatable bonds is 4. The summed E-state index contributed by atoms with van der Waals surface area (Å²) >= 11 is 0. The van der Waals surface area contributed by atoms with Gasteiger partial charge >= 0.3 is 10.1 Å². The number of hydrogen-bond acceptors (Lipinski definition) is 6. The van der Waals surface area contributed by atoms with Crippen molar-refractivity contribution in [2.45, 2.75) is 13.0 Å².